The van der Waals surface area contributed by atoms with E-state index in [2.05, 4.69) is 4.98 Å². The number of hydrogen-bond acceptors (Lipinski definition) is 2. The Kier molecular flexibility index (Phi) is 2.98. The number of nitrogens with zero attached hydrogens (tertiary/aromatic N) is 1. The molecule has 2 nitrogen and oxygen atoms in total. The molecule has 1 heterocycles. The fourth-order valence-electron chi connectivity index (χ4n) is 1.71. The predicted octanol–water partition coefficient (Wildman–Crippen LogP) is 3.66. The molecule has 5 heteroatoms. The first-order valence-electron chi connectivity index (χ1n) is 5.27. The van der Waals surface area contributed by atoms with Crippen LogP contribution in [0, 0.1) is 6.92 Å². The van der Waals surface area contributed by atoms with Gasteiger partial charge in [0.2, 0.25) is 0 Å². The SMILES string of the molecule is Cc1cc(-c2cc(N)cc(C(F)(F)F)c2)ccn1. The molecule has 1 aromatic heterocycles. The normalized spacial score (nSPS) is 11.6. The summed E-state index contributed by atoms with van der Waals surface area (Å²) >= 11 is 0. The maximum absolute atomic E-state index is 12.7. The zero-order valence-corrected chi connectivity index (χ0v) is 9.62. The first-order chi connectivity index (χ1) is 8.36. The largest absolute Gasteiger partial charge is 0.416 e. The lowest BCUT2D eigenvalue weighted by Gasteiger charge is -2.10. The lowest BCUT2D eigenvalue weighted by molar-refractivity contribution is -0.137. The van der Waals surface area contributed by atoms with Crippen molar-refractivity contribution in [1.29, 1.82) is 0 Å². The molecule has 1 aromatic carbocycles. The molecule has 0 radical (unpaired) electrons. The van der Waals surface area contributed by atoms with Crippen LogP contribution in [-0.2, 0) is 6.18 Å². The second-order valence-electron chi connectivity index (χ2n) is 4.03. The zero-order chi connectivity index (χ0) is 13.3. The summed E-state index contributed by atoms with van der Waals surface area (Å²) in [5.41, 5.74) is 6.71. The highest BCUT2D eigenvalue weighted by Gasteiger charge is 2.31. The van der Waals surface area contributed by atoms with Gasteiger partial charge in [0.25, 0.3) is 0 Å². The molecule has 0 bridgehead atoms. The van der Waals surface area contributed by atoms with Gasteiger partial charge in [-0.05, 0) is 48.4 Å². The number of halogens is 3. The van der Waals surface area contributed by atoms with Gasteiger partial charge in [0.05, 0.1) is 5.56 Å². The molecular weight excluding hydrogens is 241 g/mol. The maximum atomic E-state index is 12.7. The van der Waals surface area contributed by atoms with Crippen molar-refractivity contribution < 1.29 is 13.2 Å². The molecule has 2 N–H and O–H groups in total. The quantitative estimate of drug-likeness (QED) is 0.786. The number of benzene rings is 1. The second kappa shape index (κ2) is 4.33. The third-order valence-electron chi connectivity index (χ3n) is 2.51. The third-order valence-corrected chi connectivity index (χ3v) is 2.51. The smallest absolute Gasteiger partial charge is 0.399 e. The highest BCUT2D eigenvalue weighted by molar-refractivity contribution is 5.68. The highest BCUT2D eigenvalue weighted by atomic mass is 19.4. The van der Waals surface area contributed by atoms with E-state index in [1.165, 1.54) is 6.07 Å². The summed E-state index contributed by atoms with van der Waals surface area (Å²) in [6, 6.07) is 6.91. The van der Waals surface area contributed by atoms with Crippen LogP contribution < -0.4 is 5.73 Å². The van der Waals surface area contributed by atoms with Crippen LogP contribution in [0.25, 0.3) is 11.1 Å². The van der Waals surface area contributed by atoms with Gasteiger partial charge in [-0.15, -0.1) is 0 Å². The van der Waals surface area contributed by atoms with Gasteiger partial charge in [-0.3, -0.25) is 4.98 Å². The van der Waals surface area contributed by atoms with Gasteiger partial charge in [0.1, 0.15) is 0 Å². The van der Waals surface area contributed by atoms with E-state index in [-0.39, 0.29) is 5.69 Å². The van der Waals surface area contributed by atoms with Crippen LogP contribution in [0.4, 0.5) is 18.9 Å². The Morgan fingerprint density at radius 1 is 1.06 bits per heavy atom. The van der Waals surface area contributed by atoms with Crippen LogP contribution in [0.1, 0.15) is 11.3 Å². The molecule has 2 aromatic rings. The van der Waals surface area contributed by atoms with Crippen LogP contribution in [0.3, 0.4) is 0 Å². The molecule has 2 rings (SSSR count). The summed E-state index contributed by atoms with van der Waals surface area (Å²) in [6.07, 6.45) is -2.84. The Balaban J connectivity index is 2.55. The van der Waals surface area contributed by atoms with E-state index < -0.39 is 11.7 Å². The summed E-state index contributed by atoms with van der Waals surface area (Å²) in [5.74, 6) is 0. The Morgan fingerprint density at radius 2 is 1.78 bits per heavy atom. The molecule has 0 amide bonds. The van der Waals surface area contributed by atoms with Gasteiger partial charge in [-0.2, -0.15) is 13.2 Å². The van der Waals surface area contributed by atoms with E-state index >= 15 is 0 Å². The molecule has 0 aliphatic heterocycles. The van der Waals surface area contributed by atoms with Crippen molar-refractivity contribution >= 4 is 5.69 Å². The first-order valence-corrected chi connectivity index (χ1v) is 5.27. The minimum absolute atomic E-state index is 0.0919. The number of nitrogens with two attached hydrogens (primary N) is 1. The fraction of sp³-hybridized carbons (Fsp3) is 0.154. The molecule has 94 valence electrons. The van der Waals surface area contributed by atoms with E-state index in [1.54, 1.807) is 25.3 Å². The summed E-state index contributed by atoms with van der Waals surface area (Å²) in [4.78, 5) is 4.01. The van der Waals surface area contributed by atoms with Crippen LogP contribution in [0.15, 0.2) is 36.5 Å². The topological polar surface area (TPSA) is 38.9 Å². The van der Waals surface area contributed by atoms with Gasteiger partial charge in [0.15, 0.2) is 0 Å². The second-order valence-corrected chi connectivity index (χ2v) is 4.03. The molecule has 0 aliphatic carbocycles. The van der Waals surface area contributed by atoms with Gasteiger partial charge in [-0.25, -0.2) is 0 Å². The lowest BCUT2D eigenvalue weighted by Crippen LogP contribution is -2.06. The monoisotopic (exact) mass is 252 g/mol. The molecular formula is C13H11F3N2. The molecule has 0 aliphatic rings. The van der Waals surface area contributed by atoms with Gasteiger partial charge >= 0.3 is 6.18 Å². The Morgan fingerprint density at radius 3 is 2.39 bits per heavy atom. The molecule has 0 atom stereocenters. The molecule has 0 fully saturated rings. The summed E-state index contributed by atoms with van der Waals surface area (Å²) in [7, 11) is 0. The number of nitrogen functional groups attached to an aromatic ring is 1. The molecule has 0 spiro atoms. The van der Waals surface area contributed by atoms with Crippen molar-refractivity contribution in [3.05, 3.63) is 47.8 Å². The van der Waals surface area contributed by atoms with Crippen molar-refractivity contribution in [2.75, 3.05) is 5.73 Å². The third kappa shape index (κ3) is 2.61. The minimum Gasteiger partial charge on any atom is -0.399 e. The maximum Gasteiger partial charge on any atom is 0.416 e. The molecule has 0 saturated heterocycles. The Hall–Kier alpha value is -2.04. The van der Waals surface area contributed by atoms with Crippen molar-refractivity contribution in [3.63, 3.8) is 0 Å². The van der Waals surface area contributed by atoms with Crippen LogP contribution in [0.2, 0.25) is 0 Å². The number of rotatable bonds is 1. The number of alkyl halides is 3. The summed E-state index contributed by atoms with van der Waals surface area (Å²) in [5, 5.41) is 0. The van der Waals surface area contributed by atoms with Crippen molar-refractivity contribution in [2.45, 2.75) is 13.1 Å². The minimum atomic E-state index is -4.40. The molecule has 0 unspecified atom stereocenters. The van der Waals surface area contributed by atoms with Crippen LogP contribution in [0.5, 0.6) is 0 Å². The number of pyridine rings is 1. The fourth-order valence-corrected chi connectivity index (χ4v) is 1.71. The number of anilines is 1. The van der Waals surface area contributed by atoms with Crippen LogP contribution in [-0.4, -0.2) is 4.98 Å². The van der Waals surface area contributed by atoms with E-state index in [4.69, 9.17) is 5.73 Å². The predicted molar refractivity (Wildman–Crippen MR) is 63.8 cm³/mol. The van der Waals surface area contributed by atoms with Gasteiger partial charge in [-0.1, -0.05) is 0 Å². The standard InChI is InChI=1S/C13H11F3N2/c1-8-4-9(2-3-18-8)10-5-11(13(14,15)16)7-12(17)6-10/h2-7H,17H2,1H3. The van der Waals surface area contributed by atoms with E-state index in [0.717, 1.165) is 17.8 Å². The summed E-state index contributed by atoms with van der Waals surface area (Å²) in [6.45, 7) is 1.78. The first kappa shape index (κ1) is 12.4. The van der Waals surface area contributed by atoms with E-state index in [1.807, 2.05) is 0 Å². The number of aryl methyl sites for hydroxylation is 1. The molecule has 18 heavy (non-hydrogen) atoms. The average molecular weight is 252 g/mol. The Labute approximate surface area is 102 Å². The highest BCUT2D eigenvalue weighted by Crippen LogP contribution is 2.34. The van der Waals surface area contributed by atoms with Gasteiger partial charge < -0.3 is 5.73 Å². The number of hydrogen-bond donors (Lipinski definition) is 1. The summed E-state index contributed by atoms with van der Waals surface area (Å²) < 4.78 is 38.0. The van der Waals surface area contributed by atoms with Crippen molar-refractivity contribution in [2.24, 2.45) is 0 Å². The zero-order valence-electron chi connectivity index (χ0n) is 9.62. The van der Waals surface area contributed by atoms with E-state index in [0.29, 0.717) is 11.1 Å². The average Bonchev–Trinajstić information content (AvgIpc) is 2.27. The molecule has 0 saturated carbocycles. The Bertz CT molecular complexity index is 577. The van der Waals surface area contributed by atoms with Crippen molar-refractivity contribution in [1.82, 2.24) is 4.98 Å². The van der Waals surface area contributed by atoms with E-state index in [9.17, 15) is 13.2 Å². The lowest BCUT2D eigenvalue weighted by atomic mass is 10.0. The van der Waals surface area contributed by atoms with Crippen LogP contribution >= 0.6 is 0 Å². The number of aromatic nitrogens is 1. The van der Waals surface area contributed by atoms with Crippen molar-refractivity contribution in [3.8, 4) is 11.1 Å². The van der Waals surface area contributed by atoms with Gasteiger partial charge in [0, 0.05) is 17.6 Å².